The molecule has 2 heterocycles. The van der Waals surface area contributed by atoms with Crippen LogP contribution >= 0.6 is 0 Å². The van der Waals surface area contributed by atoms with Crippen LogP contribution in [0.5, 0.6) is 0 Å². The van der Waals surface area contributed by atoms with Gasteiger partial charge in [0.05, 0.1) is 11.4 Å². The van der Waals surface area contributed by atoms with E-state index in [2.05, 4.69) is 25.6 Å². The van der Waals surface area contributed by atoms with Gasteiger partial charge in [-0.3, -0.25) is 9.59 Å². The Morgan fingerprint density at radius 3 is 2.82 bits per heavy atom. The number of para-hydroxylation sites is 1. The molecule has 3 rings (SSSR count). The van der Waals surface area contributed by atoms with Crippen LogP contribution in [0.1, 0.15) is 0 Å². The predicted molar refractivity (Wildman–Crippen MR) is 78.9 cm³/mol. The summed E-state index contributed by atoms with van der Waals surface area (Å²) in [4.78, 5) is 26.9. The molecule has 1 aromatic carbocycles. The van der Waals surface area contributed by atoms with Gasteiger partial charge in [0, 0.05) is 11.6 Å². The smallest absolute Gasteiger partial charge is 0.264 e. The molecule has 0 saturated carbocycles. The quantitative estimate of drug-likeness (QED) is 0.736. The fraction of sp³-hybridized carbons (Fsp3) is 0.0714. The van der Waals surface area contributed by atoms with Gasteiger partial charge in [-0.1, -0.05) is 18.2 Å². The number of benzene rings is 1. The summed E-state index contributed by atoms with van der Waals surface area (Å²) >= 11 is 0. The van der Waals surface area contributed by atoms with E-state index in [1.165, 1.54) is 23.4 Å². The van der Waals surface area contributed by atoms with Crippen molar-refractivity contribution in [2.75, 3.05) is 5.32 Å². The average molecular weight is 296 g/mol. The van der Waals surface area contributed by atoms with E-state index in [1.54, 1.807) is 18.2 Å². The van der Waals surface area contributed by atoms with E-state index in [-0.39, 0.29) is 18.0 Å². The summed E-state index contributed by atoms with van der Waals surface area (Å²) < 4.78 is 1.43. The Kier molecular flexibility index (Phi) is 3.73. The minimum absolute atomic E-state index is 0.0629. The average Bonchev–Trinajstić information content (AvgIpc) is 3.01. The zero-order chi connectivity index (χ0) is 15.4. The lowest BCUT2D eigenvalue weighted by Crippen LogP contribution is -2.19. The third kappa shape index (κ3) is 3.06. The van der Waals surface area contributed by atoms with E-state index in [0.717, 1.165) is 0 Å². The van der Waals surface area contributed by atoms with Crippen LogP contribution in [0, 0.1) is 0 Å². The van der Waals surface area contributed by atoms with E-state index in [1.807, 2.05) is 12.1 Å². The highest BCUT2D eigenvalue weighted by Crippen LogP contribution is 2.25. The first-order valence-corrected chi connectivity index (χ1v) is 6.50. The highest BCUT2D eigenvalue weighted by atomic mass is 16.2. The van der Waals surface area contributed by atoms with Gasteiger partial charge in [-0.15, -0.1) is 0 Å². The van der Waals surface area contributed by atoms with Gasteiger partial charge >= 0.3 is 0 Å². The number of H-pyrrole nitrogens is 1. The maximum Gasteiger partial charge on any atom is 0.264 e. The maximum atomic E-state index is 12.0. The number of aromatic nitrogens is 5. The molecule has 0 aliphatic carbocycles. The number of hydrogen-bond donors (Lipinski definition) is 2. The van der Waals surface area contributed by atoms with Crippen molar-refractivity contribution in [3.63, 3.8) is 0 Å². The molecule has 0 aliphatic rings. The molecule has 0 fully saturated rings. The Morgan fingerprint density at radius 1 is 1.23 bits per heavy atom. The highest BCUT2D eigenvalue weighted by molar-refractivity contribution is 5.94. The van der Waals surface area contributed by atoms with Gasteiger partial charge in [0.1, 0.15) is 19.2 Å². The third-order valence-corrected chi connectivity index (χ3v) is 2.93. The highest BCUT2D eigenvalue weighted by Gasteiger charge is 2.10. The molecular weight excluding hydrogens is 284 g/mol. The second kappa shape index (κ2) is 6.00. The summed E-state index contributed by atoms with van der Waals surface area (Å²) in [6, 6.07) is 10.2. The lowest BCUT2D eigenvalue weighted by molar-refractivity contribution is -0.116. The molecular formula is C14H12N6O2. The second-order valence-electron chi connectivity index (χ2n) is 4.49. The van der Waals surface area contributed by atoms with E-state index in [4.69, 9.17) is 0 Å². The fourth-order valence-corrected chi connectivity index (χ4v) is 1.96. The molecule has 3 aromatic rings. The van der Waals surface area contributed by atoms with Crippen LogP contribution in [0.25, 0.3) is 11.3 Å². The largest absolute Gasteiger partial charge is 0.324 e. The number of carbonyl (C=O) groups excluding carboxylic acids is 1. The van der Waals surface area contributed by atoms with Gasteiger partial charge in [0.2, 0.25) is 5.91 Å². The summed E-state index contributed by atoms with van der Waals surface area (Å²) in [5.74, 6) is -0.234. The first kappa shape index (κ1) is 13.7. The molecule has 2 N–H and O–H groups in total. The van der Waals surface area contributed by atoms with Gasteiger partial charge in [0.15, 0.2) is 0 Å². The molecule has 0 saturated heterocycles. The lowest BCUT2D eigenvalue weighted by atomic mass is 10.1. The number of amides is 1. The minimum atomic E-state index is -0.281. The molecule has 8 heteroatoms. The van der Waals surface area contributed by atoms with Crippen molar-refractivity contribution in [3.8, 4) is 11.3 Å². The third-order valence-electron chi connectivity index (χ3n) is 2.93. The number of nitrogens with one attached hydrogen (secondary N) is 2. The standard InChI is InChI=1S/C14H12N6O2/c21-13-6-5-12(18-19-13)10-3-1-2-4-11(10)17-14(22)7-20-9-15-8-16-20/h1-6,8-9H,7H2,(H,17,22)(H,19,21). The summed E-state index contributed by atoms with van der Waals surface area (Å²) in [5, 5.41) is 13.0. The molecule has 0 bridgehead atoms. The predicted octanol–water partition coefficient (Wildman–Crippen LogP) is 0.667. The van der Waals surface area contributed by atoms with Crippen LogP contribution in [0.15, 0.2) is 53.8 Å². The van der Waals surface area contributed by atoms with Crippen LogP contribution in [0.4, 0.5) is 5.69 Å². The van der Waals surface area contributed by atoms with Gasteiger partial charge in [-0.2, -0.15) is 10.2 Å². The number of carbonyl (C=O) groups is 1. The molecule has 2 aromatic heterocycles. The maximum absolute atomic E-state index is 12.0. The summed E-state index contributed by atoms with van der Waals surface area (Å²) in [5.41, 5.74) is 1.60. The topological polar surface area (TPSA) is 106 Å². The summed E-state index contributed by atoms with van der Waals surface area (Å²) in [7, 11) is 0. The van der Waals surface area contributed by atoms with Crippen LogP contribution in [0.2, 0.25) is 0 Å². The van der Waals surface area contributed by atoms with Crippen LogP contribution in [-0.4, -0.2) is 30.9 Å². The van der Waals surface area contributed by atoms with Crippen molar-refractivity contribution in [1.29, 1.82) is 0 Å². The van der Waals surface area contributed by atoms with Crippen LogP contribution < -0.4 is 10.9 Å². The second-order valence-corrected chi connectivity index (χ2v) is 4.49. The molecule has 1 amide bonds. The number of hydrogen-bond acceptors (Lipinski definition) is 5. The van der Waals surface area contributed by atoms with E-state index in [0.29, 0.717) is 16.9 Å². The van der Waals surface area contributed by atoms with Crippen molar-refractivity contribution in [1.82, 2.24) is 25.0 Å². The first-order valence-electron chi connectivity index (χ1n) is 6.50. The first-order chi connectivity index (χ1) is 10.7. The van der Waals surface area contributed by atoms with Crippen LogP contribution in [-0.2, 0) is 11.3 Å². The Balaban J connectivity index is 1.83. The number of anilines is 1. The minimum Gasteiger partial charge on any atom is -0.324 e. The molecule has 0 radical (unpaired) electrons. The normalized spacial score (nSPS) is 10.4. The Bertz CT molecular complexity index is 820. The van der Waals surface area contributed by atoms with Gasteiger partial charge < -0.3 is 5.32 Å². The van der Waals surface area contributed by atoms with Crippen molar-refractivity contribution in [2.24, 2.45) is 0 Å². The number of nitrogens with zero attached hydrogens (tertiary/aromatic N) is 4. The zero-order valence-electron chi connectivity index (χ0n) is 11.4. The molecule has 110 valence electrons. The van der Waals surface area contributed by atoms with Gasteiger partial charge in [0.25, 0.3) is 5.56 Å². The summed E-state index contributed by atoms with van der Waals surface area (Å²) in [6.07, 6.45) is 2.83. The van der Waals surface area contributed by atoms with Crippen LogP contribution in [0.3, 0.4) is 0 Å². The number of aromatic amines is 1. The summed E-state index contributed by atoms with van der Waals surface area (Å²) in [6.45, 7) is 0.0629. The molecule has 22 heavy (non-hydrogen) atoms. The molecule has 0 spiro atoms. The Labute approximate surface area is 124 Å². The fourth-order valence-electron chi connectivity index (χ4n) is 1.96. The molecule has 0 atom stereocenters. The Morgan fingerprint density at radius 2 is 2.09 bits per heavy atom. The Hall–Kier alpha value is -3.29. The van der Waals surface area contributed by atoms with E-state index < -0.39 is 0 Å². The lowest BCUT2D eigenvalue weighted by Gasteiger charge is -2.10. The zero-order valence-corrected chi connectivity index (χ0v) is 11.4. The molecule has 0 unspecified atom stereocenters. The van der Waals surface area contributed by atoms with Crippen molar-refractivity contribution < 1.29 is 4.79 Å². The van der Waals surface area contributed by atoms with Gasteiger partial charge in [-0.05, 0) is 12.1 Å². The van der Waals surface area contributed by atoms with E-state index >= 15 is 0 Å². The van der Waals surface area contributed by atoms with E-state index in [9.17, 15) is 9.59 Å². The van der Waals surface area contributed by atoms with Gasteiger partial charge in [-0.25, -0.2) is 14.8 Å². The SMILES string of the molecule is O=C(Cn1cncn1)Nc1ccccc1-c1ccc(=O)[nH]n1. The number of rotatable bonds is 4. The van der Waals surface area contributed by atoms with Crippen molar-refractivity contribution >= 4 is 11.6 Å². The van der Waals surface area contributed by atoms with Crippen molar-refractivity contribution in [3.05, 3.63) is 59.4 Å². The monoisotopic (exact) mass is 296 g/mol. The van der Waals surface area contributed by atoms with Crippen molar-refractivity contribution in [2.45, 2.75) is 6.54 Å². The molecule has 8 nitrogen and oxygen atoms in total. The molecule has 0 aliphatic heterocycles.